The third kappa shape index (κ3) is 3.14. The molecule has 1 heterocycles. The van der Waals surface area contributed by atoms with Crippen molar-refractivity contribution in [3.05, 3.63) is 65.5 Å². The van der Waals surface area contributed by atoms with Gasteiger partial charge < -0.3 is 5.73 Å². The number of hydrogen-bond acceptors (Lipinski definition) is 3. The lowest BCUT2D eigenvalue weighted by atomic mass is 9.96. The summed E-state index contributed by atoms with van der Waals surface area (Å²) in [5.41, 5.74) is 10.6. The first-order chi connectivity index (χ1) is 10.3. The number of fused-ring (bicyclic) bond motifs is 1. The standard InChI is InChI=1S/C18H23N3/c1-21(13-14-9-11-20-12-10-14)17-8-4-6-15-5-2-3-7-16(15)18(17)19/h2-3,5,7,9-12,17-18H,4,6,8,13,19H2,1H3. The number of nitrogens with zero attached hydrogens (tertiary/aromatic N) is 2. The summed E-state index contributed by atoms with van der Waals surface area (Å²) in [6.45, 7) is 0.920. The Labute approximate surface area is 126 Å². The van der Waals surface area contributed by atoms with E-state index in [1.165, 1.54) is 23.1 Å². The predicted octanol–water partition coefficient (Wildman–Crippen LogP) is 2.92. The molecule has 0 radical (unpaired) electrons. The molecule has 3 heteroatoms. The number of nitrogens with two attached hydrogens (primary N) is 1. The van der Waals surface area contributed by atoms with Crippen LogP contribution in [0, 0.1) is 0 Å². The SMILES string of the molecule is CN(Cc1ccncc1)C1CCCc2ccccc2C1N. The van der Waals surface area contributed by atoms with Gasteiger partial charge in [-0.1, -0.05) is 24.3 Å². The van der Waals surface area contributed by atoms with Gasteiger partial charge in [-0.3, -0.25) is 9.88 Å². The second kappa shape index (κ2) is 6.37. The van der Waals surface area contributed by atoms with Crippen molar-refractivity contribution >= 4 is 0 Å². The fourth-order valence-corrected chi connectivity index (χ4v) is 3.36. The van der Waals surface area contributed by atoms with E-state index in [0.717, 1.165) is 19.4 Å². The molecular weight excluding hydrogens is 258 g/mol. The van der Waals surface area contributed by atoms with Crippen LogP contribution in [-0.4, -0.2) is 23.0 Å². The van der Waals surface area contributed by atoms with E-state index in [1.807, 2.05) is 12.4 Å². The van der Waals surface area contributed by atoms with Crippen LogP contribution >= 0.6 is 0 Å². The molecule has 110 valence electrons. The van der Waals surface area contributed by atoms with E-state index in [1.54, 1.807) is 0 Å². The molecule has 0 bridgehead atoms. The van der Waals surface area contributed by atoms with E-state index in [-0.39, 0.29) is 6.04 Å². The van der Waals surface area contributed by atoms with E-state index >= 15 is 0 Å². The Morgan fingerprint density at radius 2 is 1.95 bits per heavy atom. The maximum Gasteiger partial charge on any atom is 0.0455 e. The Morgan fingerprint density at radius 3 is 2.76 bits per heavy atom. The summed E-state index contributed by atoms with van der Waals surface area (Å²) in [6.07, 6.45) is 7.20. The monoisotopic (exact) mass is 281 g/mol. The number of pyridine rings is 1. The van der Waals surface area contributed by atoms with Gasteiger partial charge in [0, 0.05) is 31.0 Å². The van der Waals surface area contributed by atoms with Gasteiger partial charge in [-0.05, 0) is 55.1 Å². The van der Waals surface area contributed by atoms with Crippen LogP contribution in [0.15, 0.2) is 48.8 Å². The number of aryl methyl sites for hydroxylation is 1. The zero-order valence-corrected chi connectivity index (χ0v) is 12.6. The fourth-order valence-electron chi connectivity index (χ4n) is 3.36. The molecule has 0 spiro atoms. The van der Waals surface area contributed by atoms with Crippen LogP contribution in [0.3, 0.4) is 0 Å². The van der Waals surface area contributed by atoms with Crippen molar-refractivity contribution in [1.82, 2.24) is 9.88 Å². The largest absolute Gasteiger partial charge is 0.323 e. The Hall–Kier alpha value is -1.71. The molecule has 1 aliphatic carbocycles. The smallest absolute Gasteiger partial charge is 0.0455 e. The first kappa shape index (κ1) is 14.2. The lowest BCUT2D eigenvalue weighted by Crippen LogP contribution is -2.39. The molecule has 3 rings (SSSR count). The van der Waals surface area contributed by atoms with Crippen LogP contribution in [0.1, 0.15) is 35.6 Å². The van der Waals surface area contributed by atoms with Gasteiger partial charge in [-0.25, -0.2) is 0 Å². The minimum absolute atomic E-state index is 0.0931. The van der Waals surface area contributed by atoms with E-state index in [4.69, 9.17) is 5.73 Å². The maximum atomic E-state index is 6.59. The van der Waals surface area contributed by atoms with Crippen LogP contribution in [0.25, 0.3) is 0 Å². The Morgan fingerprint density at radius 1 is 1.19 bits per heavy atom. The van der Waals surface area contributed by atoms with Gasteiger partial charge in [0.25, 0.3) is 0 Å². The third-order valence-electron chi connectivity index (χ3n) is 4.52. The van der Waals surface area contributed by atoms with Crippen molar-refractivity contribution in [2.45, 2.75) is 37.9 Å². The minimum atomic E-state index is 0.0931. The molecule has 21 heavy (non-hydrogen) atoms. The zero-order chi connectivity index (χ0) is 14.7. The van der Waals surface area contributed by atoms with Gasteiger partial charge in [0.15, 0.2) is 0 Å². The van der Waals surface area contributed by atoms with Gasteiger partial charge in [0.1, 0.15) is 0 Å². The van der Waals surface area contributed by atoms with Crippen LogP contribution in [0.5, 0.6) is 0 Å². The summed E-state index contributed by atoms with van der Waals surface area (Å²) in [5.74, 6) is 0. The average molecular weight is 281 g/mol. The molecule has 1 aromatic carbocycles. The summed E-state index contributed by atoms with van der Waals surface area (Å²) in [6, 6.07) is 13.3. The topological polar surface area (TPSA) is 42.2 Å². The molecule has 1 aliphatic rings. The summed E-state index contributed by atoms with van der Waals surface area (Å²) in [5, 5.41) is 0. The van der Waals surface area contributed by atoms with E-state index in [9.17, 15) is 0 Å². The molecule has 2 aromatic rings. The highest BCUT2D eigenvalue weighted by molar-refractivity contribution is 5.32. The number of hydrogen-bond donors (Lipinski definition) is 1. The normalized spacial score (nSPS) is 21.9. The number of rotatable bonds is 3. The summed E-state index contributed by atoms with van der Waals surface area (Å²) in [7, 11) is 2.18. The van der Waals surface area contributed by atoms with Crippen LogP contribution in [0.2, 0.25) is 0 Å². The van der Waals surface area contributed by atoms with Gasteiger partial charge in [-0.15, -0.1) is 0 Å². The third-order valence-corrected chi connectivity index (χ3v) is 4.52. The molecule has 0 aliphatic heterocycles. The minimum Gasteiger partial charge on any atom is -0.323 e. The van der Waals surface area contributed by atoms with Crippen LogP contribution in [-0.2, 0) is 13.0 Å². The zero-order valence-electron chi connectivity index (χ0n) is 12.6. The highest BCUT2D eigenvalue weighted by Gasteiger charge is 2.27. The first-order valence-corrected chi connectivity index (χ1v) is 7.68. The molecule has 0 fully saturated rings. The van der Waals surface area contributed by atoms with Crippen molar-refractivity contribution in [2.24, 2.45) is 5.73 Å². The highest BCUT2D eigenvalue weighted by atomic mass is 15.1. The highest BCUT2D eigenvalue weighted by Crippen LogP contribution is 2.30. The Balaban J connectivity index is 1.79. The molecule has 2 atom stereocenters. The second-order valence-corrected chi connectivity index (χ2v) is 5.95. The summed E-state index contributed by atoms with van der Waals surface area (Å²) >= 11 is 0. The van der Waals surface area contributed by atoms with Gasteiger partial charge in [-0.2, -0.15) is 0 Å². The second-order valence-electron chi connectivity index (χ2n) is 5.95. The number of benzene rings is 1. The molecule has 1 aromatic heterocycles. The Bertz CT molecular complexity index is 582. The van der Waals surface area contributed by atoms with E-state index < -0.39 is 0 Å². The molecular formula is C18H23N3. The predicted molar refractivity (Wildman–Crippen MR) is 85.8 cm³/mol. The van der Waals surface area contributed by atoms with Crippen molar-refractivity contribution in [3.8, 4) is 0 Å². The molecule has 0 saturated heterocycles. The maximum absolute atomic E-state index is 6.59. The van der Waals surface area contributed by atoms with Gasteiger partial charge >= 0.3 is 0 Å². The van der Waals surface area contributed by atoms with Crippen LogP contribution in [0.4, 0.5) is 0 Å². The molecule has 2 N–H and O–H groups in total. The van der Waals surface area contributed by atoms with Crippen molar-refractivity contribution in [1.29, 1.82) is 0 Å². The van der Waals surface area contributed by atoms with Gasteiger partial charge in [0.05, 0.1) is 0 Å². The molecule has 2 unspecified atom stereocenters. The molecule has 3 nitrogen and oxygen atoms in total. The van der Waals surface area contributed by atoms with E-state index in [2.05, 4.69) is 53.3 Å². The number of aromatic nitrogens is 1. The van der Waals surface area contributed by atoms with Gasteiger partial charge in [0.2, 0.25) is 0 Å². The lowest BCUT2D eigenvalue weighted by molar-refractivity contribution is 0.193. The summed E-state index contributed by atoms with van der Waals surface area (Å²) in [4.78, 5) is 6.47. The van der Waals surface area contributed by atoms with E-state index in [0.29, 0.717) is 6.04 Å². The van der Waals surface area contributed by atoms with Crippen molar-refractivity contribution < 1.29 is 0 Å². The average Bonchev–Trinajstić information content (AvgIpc) is 2.68. The quantitative estimate of drug-likeness (QED) is 0.880. The number of likely N-dealkylation sites (N-methyl/N-ethyl adjacent to an activating group) is 1. The Kier molecular flexibility index (Phi) is 4.32. The first-order valence-electron chi connectivity index (χ1n) is 7.68. The fraction of sp³-hybridized carbons (Fsp3) is 0.389. The lowest BCUT2D eigenvalue weighted by Gasteiger charge is -2.32. The molecule has 0 saturated carbocycles. The summed E-state index contributed by atoms with van der Waals surface area (Å²) < 4.78 is 0. The van der Waals surface area contributed by atoms with Crippen molar-refractivity contribution in [3.63, 3.8) is 0 Å². The van der Waals surface area contributed by atoms with Crippen LogP contribution < -0.4 is 5.73 Å². The van der Waals surface area contributed by atoms with Crippen molar-refractivity contribution in [2.75, 3.05) is 7.05 Å². The molecule has 0 amide bonds.